The Labute approximate surface area is 103 Å². The van der Waals surface area contributed by atoms with Crippen LogP contribution in [-0.2, 0) is 12.8 Å². The van der Waals surface area contributed by atoms with Gasteiger partial charge in [-0.05, 0) is 31.4 Å². The third kappa shape index (κ3) is 1.47. The second kappa shape index (κ2) is 3.67. The van der Waals surface area contributed by atoms with Crippen molar-refractivity contribution in [1.82, 2.24) is 9.97 Å². The zero-order valence-electron chi connectivity index (χ0n) is 9.00. The van der Waals surface area contributed by atoms with E-state index in [4.69, 9.17) is 0 Å². The lowest BCUT2D eigenvalue weighted by molar-refractivity contribution is 0.863. The molecule has 0 atom stereocenters. The second-order valence-electron chi connectivity index (χ2n) is 4.05. The van der Waals surface area contributed by atoms with Crippen LogP contribution in [0.4, 0.5) is 0 Å². The molecule has 3 rings (SSSR count). The molecule has 1 aromatic carbocycles. The minimum absolute atomic E-state index is 0.856. The Balaban J connectivity index is 2.30. The summed E-state index contributed by atoms with van der Waals surface area (Å²) >= 11 is 3.61. The number of fused-ring (bicyclic) bond motifs is 3. The van der Waals surface area contributed by atoms with Crippen LogP contribution in [0.5, 0.6) is 0 Å². The number of rotatable bonds is 0. The molecule has 2 aromatic rings. The van der Waals surface area contributed by atoms with Crippen LogP contribution in [0.1, 0.15) is 17.1 Å². The zero-order chi connectivity index (χ0) is 11.1. The maximum absolute atomic E-state index is 4.52. The Kier molecular flexibility index (Phi) is 2.28. The first-order valence-corrected chi connectivity index (χ1v) is 6.15. The van der Waals surface area contributed by atoms with Gasteiger partial charge in [-0.25, -0.2) is 9.97 Å². The van der Waals surface area contributed by atoms with Crippen molar-refractivity contribution in [2.24, 2.45) is 0 Å². The molecule has 0 unspecified atom stereocenters. The van der Waals surface area contributed by atoms with Gasteiger partial charge in [0.25, 0.3) is 0 Å². The summed E-state index contributed by atoms with van der Waals surface area (Å²) in [5.74, 6) is 0.856. The predicted molar refractivity (Wildman–Crippen MR) is 67.3 cm³/mol. The average Bonchev–Trinajstić information content (AvgIpc) is 2.29. The molecular formula is C13H11BrN2. The number of benzene rings is 1. The normalized spacial score (nSPS) is 13.1. The average molecular weight is 275 g/mol. The van der Waals surface area contributed by atoms with E-state index in [0.29, 0.717) is 0 Å². The summed E-state index contributed by atoms with van der Waals surface area (Å²) in [6, 6.07) is 6.35. The summed E-state index contributed by atoms with van der Waals surface area (Å²) in [5.41, 5.74) is 5.00. The minimum atomic E-state index is 0.856. The smallest absolute Gasteiger partial charge is 0.125 e. The molecule has 0 saturated heterocycles. The van der Waals surface area contributed by atoms with Crippen LogP contribution < -0.4 is 0 Å². The molecule has 1 aliphatic rings. The number of hydrogen-bond acceptors (Lipinski definition) is 2. The largest absolute Gasteiger partial charge is 0.241 e. The fourth-order valence-electron chi connectivity index (χ4n) is 2.25. The summed E-state index contributed by atoms with van der Waals surface area (Å²) in [5, 5.41) is 0. The van der Waals surface area contributed by atoms with E-state index in [-0.39, 0.29) is 0 Å². The van der Waals surface area contributed by atoms with E-state index in [1.807, 2.05) is 13.1 Å². The molecule has 0 N–H and O–H groups in total. The van der Waals surface area contributed by atoms with Crippen LogP contribution in [0.15, 0.2) is 28.9 Å². The van der Waals surface area contributed by atoms with Crippen LogP contribution in [0.2, 0.25) is 0 Å². The van der Waals surface area contributed by atoms with E-state index >= 15 is 0 Å². The van der Waals surface area contributed by atoms with Gasteiger partial charge in [-0.3, -0.25) is 0 Å². The van der Waals surface area contributed by atoms with Crippen molar-refractivity contribution < 1.29 is 0 Å². The van der Waals surface area contributed by atoms with Crippen LogP contribution in [0.3, 0.4) is 0 Å². The lowest BCUT2D eigenvalue weighted by Gasteiger charge is -2.19. The molecule has 1 aliphatic carbocycles. The van der Waals surface area contributed by atoms with Crippen LogP contribution in [0.25, 0.3) is 11.1 Å². The first-order valence-electron chi connectivity index (χ1n) is 5.36. The fourth-order valence-corrected chi connectivity index (χ4v) is 2.87. The van der Waals surface area contributed by atoms with Gasteiger partial charge in [-0.15, -0.1) is 0 Å². The Morgan fingerprint density at radius 1 is 1.25 bits per heavy atom. The van der Waals surface area contributed by atoms with Gasteiger partial charge in [0.05, 0.1) is 5.69 Å². The van der Waals surface area contributed by atoms with Gasteiger partial charge in [-0.1, -0.05) is 28.1 Å². The first kappa shape index (κ1) is 9.97. The highest BCUT2D eigenvalue weighted by atomic mass is 79.9. The number of hydrogen-bond donors (Lipinski definition) is 0. The summed E-state index contributed by atoms with van der Waals surface area (Å²) < 4.78 is 1.14. The Morgan fingerprint density at radius 2 is 2.12 bits per heavy atom. The molecule has 0 spiro atoms. The topological polar surface area (TPSA) is 25.8 Å². The predicted octanol–water partition coefficient (Wildman–Crippen LogP) is 3.31. The molecule has 0 fully saturated rings. The standard InChI is InChI=1S/C13H11BrN2/c1-8-15-7-10-12(16-8)6-5-9-3-2-4-11(14)13(9)10/h2-4,7H,5-6H2,1H3. The molecule has 0 saturated carbocycles. The number of halogens is 1. The lowest BCUT2D eigenvalue weighted by Crippen LogP contribution is -2.08. The maximum atomic E-state index is 4.52. The number of aryl methyl sites for hydroxylation is 3. The van der Waals surface area contributed by atoms with Crippen molar-refractivity contribution in [3.05, 3.63) is 46.0 Å². The van der Waals surface area contributed by atoms with Gasteiger partial charge >= 0.3 is 0 Å². The fraction of sp³-hybridized carbons (Fsp3) is 0.231. The third-order valence-electron chi connectivity index (χ3n) is 2.99. The summed E-state index contributed by atoms with van der Waals surface area (Å²) in [6.07, 6.45) is 4.03. The molecule has 0 bridgehead atoms. The molecule has 0 radical (unpaired) electrons. The molecule has 1 aromatic heterocycles. The Hall–Kier alpha value is -1.22. The summed E-state index contributed by atoms with van der Waals surface area (Å²) in [7, 11) is 0. The zero-order valence-corrected chi connectivity index (χ0v) is 10.6. The van der Waals surface area contributed by atoms with Crippen LogP contribution >= 0.6 is 15.9 Å². The van der Waals surface area contributed by atoms with Gasteiger partial charge in [0.2, 0.25) is 0 Å². The molecule has 80 valence electrons. The Morgan fingerprint density at radius 3 is 3.00 bits per heavy atom. The monoisotopic (exact) mass is 274 g/mol. The van der Waals surface area contributed by atoms with E-state index in [0.717, 1.165) is 23.1 Å². The molecule has 0 amide bonds. The lowest BCUT2D eigenvalue weighted by atomic mass is 9.89. The van der Waals surface area contributed by atoms with Crippen molar-refractivity contribution in [1.29, 1.82) is 0 Å². The van der Waals surface area contributed by atoms with Gasteiger partial charge in [0.15, 0.2) is 0 Å². The van der Waals surface area contributed by atoms with E-state index in [9.17, 15) is 0 Å². The van der Waals surface area contributed by atoms with Crippen molar-refractivity contribution >= 4 is 15.9 Å². The summed E-state index contributed by atoms with van der Waals surface area (Å²) in [4.78, 5) is 8.82. The molecule has 2 nitrogen and oxygen atoms in total. The molecule has 16 heavy (non-hydrogen) atoms. The maximum Gasteiger partial charge on any atom is 0.125 e. The quantitative estimate of drug-likeness (QED) is 0.737. The third-order valence-corrected chi connectivity index (χ3v) is 3.65. The molecule has 0 aliphatic heterocycles. The molecular weight excluding hydrogens is 264 g/mol. The first-order chi connectivity index (χ1) is 7.75. The number of nitrogens with zero attached hydrogens (tertiary/aromatic N) is 2. The summed E-state index contributed by atoms with van der Waals surface area (Å²) in [6.45, 7) is 1.94. The van der Waals surface area contributed by atoms with E-state index in [2.05, 4.69) is 44.1 Å². The van der Waals surface area contributed by atoms with Crippen LogP contribution in [0, 0.1) is 6.92 Å². The minimum Gasteiger partial charge on any atom is -0.241 e. The molecule has 3 heteroatoms. The van der Waals surface area contributed by atoms with Crippen molar-refractivity contribution in [3.63, 3.8) is 0 Å². The van der Waals surface area contributed by atoms with Gasteiger partial charge < -0.3 is 0 Å². The van der Waals surface area contributed by atoms with E-state index in [1.165, 1.54) is 22.4 Å². The van der Waals surface area contributed by atoms with Crippen molar-refractivity contribution in [2.45, 2.75) is 19.8 Å². The Bertz CT molecular complexity index is 564. The molecule has 1 heterocycles. The van der Waals surface area contributed by atoms with E-state index < -0.39 is 0 Å². The number of aromatic nitrogens is 2. The van der Waals surface area contributed by atoms with Crippen LogP contribution in [-0.4, -0.2) is 9.97 Å². The highest BCUT2D eigenvalue weighted by Gasteiger charge is 2.19. The van der Waals surface area contributed by atoms with Crippen molar-refractivity contribution in [2.75, 3.05) is 0 Å². The van der Waals surface area contributed by atoms with Crippen molar-refractivity contribution in [3.8, 4) is 11.1 Å². The highest BCUT2D eigenvalue weighted by Crippen LogP contribution is 2.37. The van der Waals surface area contributed by atoms with Gasteiger partial charge in [-0.2, -0.15) is 0 Å². The highest BCUT2D eigenvalue weighted by molar-refractivity contribution is 9.10. The SMILES string of the molecule is Cc1ncc2c(n1)CCc1cccc(Br)c1-2. The van der Waals surface area contributed by atoms with E-state index in [1.54, 1.807) is 0 Å². The van der Waals surface area contributed by atoms with Gasteiger partial charge in [0, 0.05) is 21.8 Å². The second-order valence-corrected chi connectivity index (χ2v) is 4.91. The van der Waals surface area contributed by atoms with Gasteiger partial charge in [0.1, 0.15) is 5.82 Å².